The molecule has 0 aromatic carbocycles. The van der Waals surface area contributed by atoms with Crippen LogP contribution in [0.4, 0.5) is 5.82 Å². The first-order chi connectivity index (χ1) is 7.33. The number of hydrogen-bond acceptors (Lipinski definition) is 2. The van der Waals surface area contributed by atoms with Gasteiger partial charge in [-0.25, -0.2) is 4.98 Å². The van der Waals surface area contributed by atoms with Crippen LogP contribution in [-0.2, 0) is 0 Å². The summed E-state index contributed by atoms with van der Waals surface area (Å²) in [5, 5.41) is 0. The minimum Gasteiger partial charge on any atom is -0.352 e. The molecule has 0 bridgehead atoms. The van der Waals surface area contributed by atoms with Gasteiger partial charge in [0, 0.05) is 24.7 Å². The molecule has 0 spiro atoms. The van der Waals surface area contributed by atoms with Crippen LogP contribution in [0, 0.1) is 0 Å². The van der Waals surface area contributed by atoms with Crippen molar-refractivity contribution >= 4 is 33.3 Å². The summed E-state index contributed by atoms with van der Waals surface area (Å²) in [7, 11) is 0. The number of hydrogen-bond donors (Lipinski definition) is 0. The van der Waals surface area contributed by atoms with Crippen LogP contribution in [0.15, 0.2) is 22.8 Å². The lowest BCUT2D eigenvalue weighted by atomic mass is 9.91. The topological polar surface area (TPSA) is 16.1 Å². The Balaban J connectivity index is 2.19. The van der Waals surface area contributed by atoms with Gasteiger partial charge in [-0.05, 0) is 47.3 Å². The van der Waals surface area contributed by atoms with Gasteiger partial charge in [0.25, 0.3) is 0 Å². The molecule has 82 valence electrons. The number of nitrogens with zero attached hydrogens (tertiary/aromatic N) is 2. The number of anilines is 1. The molecular weight excluding hydrogens is 275 g/mol. The van der Waals surface area contributed by atoms with Gasteiger partial charge < -0.3 is 4.90 Å². The van der Waals surface area contributed by atoms with Gasteiger partial charge in [-0.15, -0.1) is 11.6 Å². The van der Waals surface area contributed by atoms with Crippen LogP contribution in [0.25, 0.3) is 0 Å². The summed E-state index contributed by atoms with van der Waals surface area (Å²) < 4.78 is 1.06. The molecule has 1 saturated carbocycles. The lowest BCUT2D eigenvalue weighted by Crippen LogP contribution is -2.42. The van der Waals surface area contributed by atoms with E-state index in [1.165, 1.54) is 19.3 Å². The van der Waals surface area contributed by atoms with E-state index in [1.807, 2.05) is 18.3 Å². The SMILES string of the molecule is ClCCN(c1ncccc1Br)C1CCC1. The Hall–Kier alpha value is -0.280. The molecule has 4 heteroatoms. The van der Waals surface area contributed by atoms with Gasteiger partial charge >= 0.3 is 0 Å². The van der Waals surface area contributed by atoms with Crippen molar-refractivity contribution < 1.29 is 0 Å². The normalized spacial score (nSPS) is 16.1. The molecular formula is C11H14BrClN2. The average Bonchev–Trinajstić information content (AvgIpc) is 2.15. The Morgan fingerprint density at radius 2 is 2.33 bits per heavy atom. The fourth-order valence-corrected chi connectivity index (χ4v) is 2.50. The molecule has 2 nitrogen and oxygen atoms in total. The predicted octanol–water partition coefficient (Wildman–Crippen LogP) is 3.44. The number of aromatic nitrogens is 1. The van der Waals surface area contributed by atoms with Gasteiger partial charge in [0.1, 0.15) is 5.82 Å². The second-order valence-electron chi connectivity index (χ2n) is 3.78. The van der Waals surface area contributed by atoms with Crippen molar-refractivity contribution in [3.05, 3.63) is 22.8 Å². The van der Waals surface area contributed by atoms with Crippen molar-refractivity contribution in [3.8, 4) is 0 Å². The van der Waals surface area contributed by atoms with Crippen LogP contribution in [0.5, 0.6) is 0 Å². The smallest absolute Gasteiger partial charge is 0.143 e. The fourth-order valence-electron chi connectivity index (χ4n) is 1.84. The Labute approximate surface area is 104 Å². The largest absolute Gasteiger partial charge is 0.352 e. The van der Waals surface area contributed by atoms with Crippen LogP contribution < -0.4 is 4.90 Å². The van der Waals surface area contributed by atoms with Crippen LogP contribution in [0.3, 0.4) is 0 Å². The van der Waals surface area contributed by atoms with E-state index in [2.05, 4.69) is 25.8 Å². The van der Waals surface area contributed by atoms with Crippen molar-refractivity contribution in [3.63, 3.8) is 0 Å². The zero-order valence-electron chi connectivity index (χ0n) is 8.50. The highest BCUT2D eigenvalue weighted by atomic mass is 79.9. The molecule has 0 atom stereocenters. The molecule has 1 aliphatic carbocycles. The van der Waals surface area contributed by atoms with E-state index >= 15 is 0 Å². The van der Waals surface area contributed by atoms with E-state index in [0.717, 1.165) is 16.8 Å². The first-order valence-electron chi connectivity index (χ1n) is 5.26. The third-order valence-electron chi connectivity index (χ3n) is 2.85. The molecule has 0 radical (unpaired) electrons. The highest BCUT2D eigenvalue weighted by Crippen LogP contribution is 2.32. The van der Waals surface area contributed by atoms with Gasteiger partial charge in [0.2, 0.25) is 0 Å². The van der Waals surface area contributed by atoms with Gasteiger partial charge in [-0.2, -0.15) is 0 Å². The second-order valence-corrected chi connectivity index (χ2v) is 5.01. The highest BCUT2D eigenvalue weighted by molar-refractivity contribution is 9.10. The van der Waals surface area contributed by atoms with E-state index in [4.69, 9.17) is 11.6 Å². The predicted molar refractivity (Wildman–Crippen MR) is 67.6 cm³/mol. The maximum atomic E-state index is 5.84. The van der Waals surface area contributed by atoms with Crippen LogP contribution >= 0.6 is 27.5 Å². The number of alkyl halides is 1. The Kier molecular flexibility index (Phi) is 3.87. The van der Waals surface area contributed by atoms with Crippen molar-refractivity contribution in [1.29, 1.82) is 0 Å². The Bertz CT molecular complexity index is 328. The van der Waals surface area contributed by atoms with E-state index in [-0.39, 0.29) is 0 Å². The average molecular weight is 290 g/mol. The van der Waals surface area contributed by atoms with Crippen LogP contribution in [-0.4, -0.2) is 23.5 Å². The van der Waals surface area contributed by atoms with E-state index in [1.54, 1.807) is 0 Å². The maximum Gasteiger partial charge on any atom is 0.143 e. The number of halogens is 2. The van der Waals surface area contributed by atoms with E-state index < -0.39 is 0 Å². The second kappa shape index (κ2) is 5.17. The first-order valence-corrected chi connectivity index (χ1v) is 6.59. The molecule has 2 rings (SSSR count). The van der Waals surface area contributed by atoms with Gasteiger partial charge in [-0.1, -0.05) is 0 Å². The van der Waals surface area contributed by atoms with Crippen molar-refractivity contribution in [2.45, 2.75) is 25.3 Å². The molecule has 1 aromatic heterocycles. The Morgan fingerprint density at radius 3 is 2.87 bits per heavy atom. The van der Waals surface area contributed by atoms with Crippen LogP contribution in [0.2, 0.25) is 0 Å². The molecule has 0 amide bonds. The molecule has 1 heterocycles. The lowest BCUT2D eigenvalue weighted by molar-refractivity contribution is 0.388. The summed E-state index contributed by atoms with van der Waals surface area (Å²) in [5.74, 6) is 1.68. The Morgan fingerprint density at radius 1 is 1.53 bits per heavy atom. The summed E-state index contributed by atoms with van der Waals surface area (Å²) >= 11 is 9.38. The third-order valence-corrected chi connectivity index (χ3v) is 3.64. The monoisotopic (exact) mass is 288 g/mol. The van der Waals surface area contributed by atoms with E-state index in [0.29, 0.717) is 11.9 Å². The summed E-state index contributed by atoms with van der Waals surface area (Å²) in [6.45, 7) is 0.877. The van der Waals surface area contributed by atoms with Gasteiger partial charge in [0.05, 0.1) is 4.47 Å². The fraction of sp³-hybridized carbons (Fsp3) is 0.545. The molecule has 0 aliphatic heterocycles. The molecule has 1 fully saturated rings. The lowest BCUT2D eigenvalue weighted by Gasteiger charge is -2.38. The molecule has 1 aliphatic rings. The van der Waals surface area contributed by atoms with E-state index in [9.17, 15) is 0 Å². The molecule has 1 aromatic rings. The first kappa shape index (κ1) is 11.2. The molecule has 0 saturated heterocycles. The van der Waals surface area contributed by atoms with Gasteiger partial charge in [0.15, 0.2) is 0 Å². The van der Waals surface area contributed by atoms with Gasteiger partial charge in [-0.3, -0.25) is 0 Å². The summed E-state index contributed by atoms with van der Waals surface area (Å²) in [5.41, 5.74) is 0. The minimum atomic E-state index is 0.634. The minimum absolute atomic E-state index is 0.634. The molecule has 0 unspecified atom stereocenters. The van der Waals surface area contributed by atoms with Crippen molar-refractivity contribution in [2.75, 3.05) is 17.3 Å². The quantitative estimate of drug-likeness (QED) is 0.789. The van der Waals surface area contributed by atoms with Crippen molar-refractivity contribution in [2.24, 2.45) is 0 Å². The molecule has 0 N–H and O–H groups in total. The standard InChI is InChI=1S/C11H14BrClN2/c12-10-5-2-7-14-11(10)15(8-6-13)9-3-1-4-9/h2,5,7,9H,1,3-4,6,8H2. The number of rotatable bonds is 4. The highest BCUT2D eigenvalue weighted by Gasteiger charge is 2.26. The third kappa shape index (κ3) is 2.45. The summed E-state index contributed by atoms with van der Waals surface area (Å²) in [6, 6.07) is 4.60. The maximum absolute atomic E-state index is 5.84. The molecule has 15 heavy (non-hydrogen) atoms. The number of pyridine rings is 1. The summed E-state index contributed by atoms with van der Waals surface area (Å²) in [6.07, 6.45) is 5.69. The van der Waals surface area contributed by atoms with Crippen LogP contribution in [0.1, 0.15) is 19.3 Å². The zero-order valence-corrected chi connectivity index (χ0v) is 10.8. The zero-order chi connectivity index (χ0) is 10.7. The summed E-state index contributed by atoms with van der Waals surface area (Å²) in [4.78, 5) is 6.74. The van der Waals surface area contributed by atoms with Crippen molar-refractivity contribution in [1.82, 2.24) is 4.98 Å².